The summed E-state index contributed by atoms with van der Waals surface area (Å²) in [6.45, 7) is 4.23. The van der Waals surface area contributed by atoms with Gasteiger partial charge in [-0.05, 0) is 68.5 Å². The van der Waals surface area contributed by atoms with Gasteiger partial charge in [-0.2, -0.15) is 0 Å². The molecule has 0 bridgehead atoms. The smallest absolute Gasteiger partial charge is 0.251 e. The zero-order valence-electron chi connectivity index (χ0n) is 16.2. The van der Waals surface area contributed by atoms with Crippen LogP contribution in [-0.2, 0) is 12.8 Å². The zero-order chi connectivity index (χ0) is 19.2. The summed E-state index contributed by atoms with van der Waals surface area (Å²) in [5, 5.41) is 12.8. The van der Waals surface area contributed by atoms with Gasteiger partial charge in [0.25, 0.3) is 5.91 Å². The van der Waals surface area contributed by atoms with Crippen LogP contribution in [0.5, 0.6) is 0 Å². The Balaban J connectivity index is 1.80. The average Bonchev–Trinajstić information content (AvgIpc) is 2.60. The number of anilines is 1. The molecule has 0 fully saturated rings. The van der Waals surface area contributed by atoms with E-state index in [-0.39, 0.29) is 5.91 Å². The van der Waals surface area contributed by atoms with Crippen molar-refractivity contribution in [2.24, 2.45) is 0 Å². The van der Waals surface area contributed by atoms with Crippen LogP contribution in [-0.4, -0.2) is 37.3 Å². The Morgan fingerprint density at radius 1 is 0.962 bits per heavy atom. The Bertz CT molecular complexity index is 698. The van der Waals surface area contributed by atoms with Gasteiger partial charge in [-0.3, -0.25) is 4.79 Å². The maximum Gasteiger partial charge on any atom is 0.251 e. The van der Waals surface area contributed by atoms with Crippen LogP contribution in [0, 0.1) is 0 Å². The number of hydrogen-bond acceptors (Lipinski definition) is 3. The molecule has 0 aliphatic rings. The van der Waals surface area contributed by atoms with Crippen LogP contribution in [0.3, 0.4) is 0 Å². The molecule has 0 unspecified atom stereocenters. The summed E-state index contributed by atoms with van der Waals surface area (Å²) in [6, 6.07) is 16.0. The van der Waals surface area contributed by atoms with E-state index in [2.05, 4.69) is 34.5 Å². The molecule has 0 spiro atoms. The summed E-state index contributed by atoms with van der Waals surface area (Å²) in [5.74, 6) is -0.0519. The number of benzene rings is 2. The highest BCUT2D eigenvalue weighted by Crippen LogP contribution is 2.14. The molecular formula is C22H30N2O2. The van der Waals surface area contributed by atoms with Crippen molar-refractivity contribution < 1.29 is 9.90 Å². The van der Waals surface area contributed by atoms with E-state index in [9.17, 15) is 9.90 Å². The number of hydrogen-bond donors (Lipinski definition) is 2. The normalized spacial score (nSPS) is 11.3. The third-order valence-electron chi connectivity index (χ3n) is 4.39. The van der Waals surface area contributed by atoms with Crippen molar-refractivity contribution in [3.63, 3.8) is 0 Å². The first-order valence-electron chi connectivity index (χ1n) is 9.10. The molecule has 1 amide bonds. The third kappa shape index (κ3) is 6.52. The van der Waals surface area contributed by atoms with E-state index in [1.54, 1.807) is 0 Å². The van der Waals surface area contributed by atoms with Gasteiger partial charge in [0.05, 0.1) is 5.60 Å². The van der Waals surface area contributed by atoms with Crippen molar-refractivity contribution in [3.05, 3.63) is 65.2 Å². The molecule has 0 atom stereocenters. The third-order valence-corrected chi connectivity index (χ3v) is 4.39. The van der Waals surface area contributed by atoms with Gasteiger partial charge in [0.15, 0.2) is 0 Å². The Labute approximate surface area is 156 Å². The molecular weight excluding hydrogens is 324 g/mol. The van der Waals surface area contributed by atoms with E-state index >= 15 is 0 Å². The number of rotatable bonds is 8. The van der Waals surface area contributed by atoms with Crippen molar-refractivity contribution in [2.45, 2.75) is 38.7 Å². The quantitative estimate of drug-likeness (QED) is 0.764. The van der Waals surface area contributed by atoms with Gasteiger partial charge in [-0.1, -0.05) is 24.3 Å². The highest BCUT2D eigenvalue weighted by molar-refractivity contribution is 5.94. The van der Waals surface area contributed by atoms with Crippen molar-refractivity contribution in [3.8, 4) is 0 Å². The van der Waals surface area contributed by atoms with E-state index in [1.807, 2.05) is 52.2 Å². The van der Waals surface area contributed by atoms with Gasteiger partial charge >= 0.3 is 0 Å². The minimum atomic E-state index is -0.666. The first-order chi connectivity index (χ1) is 12.2. The van der Waals surface area contributed by atoms with E-state index in [1.165, 1.54) is 11.3 Å². The predicted octanol–water partition coefficient (Wildman–Crippen LogP) is 3.43. The fourth-order valence-electron chi connectivity index (χ4n) is 2.66. The highest BCUT2D eigenvalue weighted by atomic mass is 16.3. The van der Waals surface area contributed by atoms with E-state index in [0.29, 0.717) is 18.5 Å². The molecule has 0 saturated carbocycles. The van der Waals surface area contributed by atoms with Gasteiger partial charge in [0.1, 0.15) is 0 Å². The molecule has 140 valence electrons. The fraction of sp³-hybridized carbons (Fsp3) is 0.409. The topological polar surface area (TPSA) is 52.6 Å². The van der Waals surface area contributed by atoms with Crippen LogP contribution in [0.4, 0.5) is 5.69 Å². The number of nitrogens with zero attached hydrogens (tertiary/aromatic N) is 1. The Morgan fingerprint density at radius 2 is 1.50 bits per heavy atom. The second-order valence-electron chi connectivity index (χ2n) is 7.58. The lowest BCUT2D eigenvalue weighted by molar-refractivity contribution is 0.0713. The van der Waals surface area contributed by atoms with Gasteiger partial charge in [0, 0.05) is 31.9 Å². The first kappa shape index (κ1) is 20.0. The molecule has 0 radical (unpaired) electrons. The fourth-order valence-corrected chi connectivity index (χ4v) is 2.66. The van der Waals surface area contributed by atoms with Crippen molar-refractivity contribution in [1.29, 1.82) is 0 Å². The van der Waals surface area contributed by atoms with Crippen LogP contribution < -0.4 is 10.2 Å². The number of amides is 1. The summed E-state index contributed by atoms with van der Waals surface area (Å²) in [7, 11) is 4.04. The van der Waals surface area contributed by atoms with Gasteiger partial charge in [-0.25, -0.2) is 0 Å². The number of aliphatic hydroxyl groups is 1. The maximum atomic E-state index is 12.2. The molecule has 2 N–H and O–H groups in total. The number of nitrogens with one attached hydrogen (secondary N) is 1. The average molecular weight is 354 g/mol. The highest BCUT2D eigenvalue weighted by Gasteiger charge is 2.12. The van der Waals surface area contributed by atoms with Crippen molar-refractivity contribution >= 4 is 11.6 Å². The summed E-state index contributed by atoms with van der Waals surface area (Å²) in [6.07, 6.45) is 2.31. The van der Waals surface area contributed by atoms with E-state index in [4.69, 9.17) is 0 Å². The summed E-state index contributed by atoms with van der Waals surface area (Å²) >= 11 is 0. The van der Waals surface area contributed by atoms with Crippen LogP contribution in [0.1, 0.15) is 41.8 Å². The minimum Gasteiger partial charge on any atom is -0.390 e. The minimum absolute atomic E-state index is 0.0519. The molecule has 2 aromatic carbocycles. The predicted molar refractivity (Wildman–Crippen MR) is 108 cm³/mol. The van der Waals surface area contributed by atoms with E-state index < -0.39 is 5.60 Å². The molecule has 26 heavy (non-hydrogen) atoms. The Morgan fingerprint density at radius 3 is 2.04 bits per heavy atom. The summed E-state index contributed by atoms with van der Waals surface area (Å²) < 4.78 is 0. The SMILES string of the molecule is CN(C)c1ccc(CCNC(=O)c2ccc(CCC(C)(C)O)cc2)cc1. The Kier molecular flexibility index (Phi) is 6.81. The lowest BCUT2D eigenvalue weighted by Crippen LogP contribution is -2.25. The van der Waals surface area contributed by atoms with Crippen LogP contribution in [0.15, 0.2) is 48.5 Å². The largest absolute Gasteiger partial charge is 0.390 e. The zero-order valence-corrected chi connectivity index (χ0v) is 16.2. The van der Waals surface area contributed by atoms with Crippen LogP contribution >= 0.6 is 0 Å². The second kappa shape index (κ2) is 8.86. The van der Waals surface area contributed by atoms with Gasteiger partial charge in [0.2, 0.25) is 0 Å². The van der Waals surface area contributed by atoms with Crippen molar-refractivity contribution in [1.82, 2.24) is 5.32 Å². The molecule has 4 heteroatoms. The van der Waals surface area contributed by atoms with E-state index in [0.717, 1.165) is 18.4 Å². The lowest BCUT2D eigenvalue weighted by Gasteiger charge is -2.16. The van der Waals surface area contributed by atoms with Gasteiger partial charge in [-0.15, -0.1) is 0 Å². The Hall–Kier alpha value is -2.33. The number of carbonyl (C=O) groups excluding carboxylic acids is 1. The van der Waals surface area contributed by atoms with Crippen LogP contribution in [0.2, 0.25) is 0 Å². The standard InChI is InChI=1S/C22H30N2O2/c1-22(2,26)15-13-17-5-9-19(10-6-17)21(25)23-16-14-18-7-11-20(12-8-18)24(3)4/h5-12,26H,13-16H2,1-4H3,(H,23,25). The van der Waals surface area contributed by atoms with Crippen LogP contribution in [0.25, 0.3) is 0 Å². The second-order valence-corrected chi connectivity index (χ2v) is 7.58. The van der Waals surface area contributed by atoms with Crippen molar-refractivity contribution in [2.75, 3.05) is 25.5 Å². The first-order valence-corrected chi connectivity index (χ1v) is 9.10. The lowest BCUT2D eigenvalue weighted by atomic mass is 9.98. The van der Waals surface area contributed by atoms with Gasteiger partial charge < -0.3 is 15.3 Å². The monoisotopic (exact) mass is 354 g/mol. The molecule has 0 aliphatic heterocycles. The molecule has 0 saturated heterocycles. The molecule has 2 rings (SSSR count). The molecule has 0 aromatic heterocycles. The maximum absolute atomic E-state index is 12.2. The summed E-state index contributed by atoms with van der Waals surface area (Å²) in [5.41, 5.74) is 3.51. The molecule has 0 aliphatic carbocycles. The number of carbonyl (C=O) groups is 1. The summed E-state index contributed by atoms with van der Waals surface area (Å²) in [4.78, 5) is 14.3. The molecule has 4 nitrogen and oxygen atoms in total. The number of aryl methyl sites for hydroxylation is 1. The molecule has 2 aromatic rings. The molecule has 0 heterocycles.